The number of hydrogen-bond acceptors (Lipinski definition) is 3. The van der Waals surface area contributed by atoms with Crippen LogP contribution < -0.4 is 5.32 Å². The van der Waals surface area contributed by atoms with E-state index < -0.39 is 0 Å². The second-order valence-corrected chi connectivity index (χ2v) is 6.84. The molecule has 21 heavy (non-hydrogen) atoms. The highest BCUT2D eigenvalue weighted by atomic mass is 16.5. The summed E-state index contributed by atoms with van der Waals surface area (Å²) in [6, 6.07) is 9.25. The Morgan fingerprint density at radius 1 is 1.29 bits per heavy atom. The summed E-state index contributed by atoms with van der Waals surface area (Å²) in [6.45, 7) is 2.98. The normalized spacial score (nSPS) is 24.4. The predicted molar refractivity (Wildman–Crippen MR) is 84.3 cm³/mol. The molecule has 2 aliphatic rings. The van der Waals surface area contributed by atoms with Gasteiger partial charge in [-0.2, -0.15) is 0 Å². The number of benzene rings is 1. The smallest absolute Gasteiger partial charge is 0.0827 e. The van der Waals surface area contributed by atoms with E-state index in [2.05, 4.69) is 36.5 Å². The van der Waals surface area contributed by atoms with Gasteiger partial charge in [-0.15, -0.1) is 0 Å². The quantitative estimate of drug-likeness (QED) is 0.811. The standard InChI is InChI=1S/C18H27NO2/c1-18(13-20,19-15-9-10-15)11-12-21-17-8-4-6-14-5-2-3-7-16(14)17/h2-3,5,7,15,17,19-20H,4,6,8-13H2,1H3. The van der Waals surface area contributed by atoms with Crippen molar-refractivity contribution in [3.63, 3.8) is 0 Å². The number of aliphatic hydroxyl groups is 1. The maximum absolute atomic E-state index is 9.64. The van der Waals surface area contributed by atoms with Gasteiger partial charge >= 0.3 is 0 Å². The number of aryl methyl sites for hydroxylation is 1. The van der Waals surface area contributed by atoms with Gasteiger partial charge in [-0.3, -0.25) is 0 Å². The Morgan fingerprint density at radius 3 is 2.86 bits per heavy atom. The SMILES string of the molecule is CC(CO)(CCOC1CCCc2ccccc21)NC1CC1. The number of rotatable bonds is 7. The average Bonchev–Trinajstić information content (AvgIpc) is 3.31. The molecule has 3 rings (SSSR count). The molecule has 0 spiro atoms. The molecule has 3 nitrogen and oxygen atoms in total. The Hall–Kier alpha value is -0.900. The Kier molecular flexibility index (Phi) is 4.63. The second kappa shape index (κ2) is 6.47. The van der Waals surface area contributed by atoms with Gasteiger partial charge in [0.05, 0.1) is 12.7 Å². The minimum absolute atomic E-state index is 0.175. The zero-order chi connectivity index (χ0) is 14.7. The van der Waals surface area contributed by atoms with E-state index in [0.29, 0.717) is 12.6 Å². The largest absolute Gasteiger partial charge is 0.394 e. The second-order valence-electron chi connectivity index (χ2n) is 6.84. The number of aliphatic hydroxyl groups excluding tert-OH is 1. The molecule has 3 heteroatoms. The zero-order valence-electron chi connectivity index (χ0n) is 13.0. The van der Waals surface area contributed by atoms with E-state index in [0.717, 1.165) is 12.8 Å². The van der Waals surface area contributed by atoms with E-state index in [1.807, 2.05) is 0 Å². The summed E-state index contributed by atoms with van der Waals surface area (Å²) in [6.07, 6.45) is 7.08. The maximum atomic E-state index is 9.64. The maximum Gasteiger partial charge on any atom is 0.0827 e. The molecule has 2 unspecified atom stereocenters. The third-order valence-corrected chi connectivity index (χ3v) is 4.77. The molecule has 0 aromatic heterocycles. The molecule has 0 amide bonds. The third-order valence-electron chi connectivity index (χ3n) is 4.77. The zero-order valence-corrected chi connectivity index (χ0v) is 13.0. The molecule has 1 aromatic carbocycles. The van der Waals surface area contributed by atoms with Crippen LogP contribution in [0.2, 0.25) is 0 Å². The first-order valence-corrected chi connectivity index (χ1v) is 8.28. The van der Waals surface area contributed by atoms with Gasteiger partial charge in [0, 0.05) is 18.2 Å². The molecule has 1 aromatic rings. The van der Waals surface area contributed by atoms with Crippen LogP contribution >= 0.6 is 0 Å². The molecule has 0 aliphatic heterocycles. The lowest BCUT2D eigenvalue weighted by Crippen LogP contribution is -2.47. The van der Waals surface area contributed by atoms with Crippen molar-refractivity contribution in [1.82, 2.24) is 5.32 Å². The van der Waals surface area contributed by atoms with Crippen molar-refractivity contribution in [3.8, 4) is 0 Å². The first-order valence-electron chi connectivity index (χ1n) is 8.28. The fourth-order valence-electron chi connectivity index (χ4n) is 3.23. The van der Waals surface area contributed by atoms with Crippen LogP contribution in [0, 0.1) is 0 Å². The molecule has 2 N–H and O–H groups in total. The molecule has 0 bridgehead atoms. The van der Waals surface area contributed by atoms with Crippen molar-refractivity contribution in [3.05, 3.63) is 35.4 Å². The summed E-state index contributed by atoms with van der Waals surface area (Å²) in [5.74, 6) is 0. The van der Waals surface area contributed by atoms with Crippen molar-refractivity contribution in [2.75, 3.05) is 13.2 Å². The lowest BCUT2D eigenvalue weighted by molar-refractivity contribution is 0.0203. The van der Waals surface area contributed by atoms with E-state index >= 15 is 0 Å². The number of hydrogen-bond donors (Lipinski definition) is 2. The molecule has 0 heterocycles. The van der Waals surface area contributed by atoms with E-state index in [-0.39, 0.29) is 18.2 Å². The van der Waals surface area contributed by atoms with Gasteiger partial charge in [0.2, 0.25) is 0 Å². The summed E-state index contributed by atoms with van der Waals surface area (Å²) in [4.78, 5) is 0. The van der Waals surface area contributed by atoms with E-state index in [4.69, 9.17) is 4.74 Å². The van der Waals surface area contributed by atoms with Crippen LogP contribution in [0.4, 0.5) is 0 Å². The molecular formula is C18H27NO2. The highest BCUT2D eigenvalue weighted by molar-refractivity contribution is 5.31. The number of fused-ring (bicyclic) bond motifs is 1. The number of ether oxygens (including phenoxy) is 1. The van der Waals surface area contributed by atoms with E-state index in [1.54, 1.807) is 0 Å². The van der Waals surface area contributed by atoms with Gasteiger partial charge in [-0.25, -0.2) is 0 Å². The fourth-order valence-corrected chi connectivity index (χ4v) is 3.23. The van der Waals surface area contributed by atoms with Gasteiger partial charge in [-0.05, 0) is 56.6 Å². The van der Waals surface area contributed by atoms with Crippen molar-refractivity contribution in [1.29, 1.82) is 0 Å². The van der Waals surface area contributed by atoms with Crippen LogP contribution in [-0.4, -0.2) is 29.9 Å². The summed E-state index contributed by atoms with van der Waals surface area (Å²) in [7, 11) is 0. The molecule has 0 radical (unpaired) electrons. The topological polar surface area (TPSA) is 41.5 Å². The van der Waals surface area contributed by atoms with E-state index in [9.17, 15) is 5.11 Å². The van der Waals surface area contributed by atoms with Crippen LogP contribution in [0.15, 0.2) is 24.3 Å². The van der Waals surface area contributed by atoms with Gasteiger partial charge in [0.25, 0.3) is 0 Å². The molecule has 2 aliphatic carbocycles. The van der Waals surface area contributed by atoms with Crippen molar-refractivity contribution >= 4 is 0 Å². The average molecular weight is 289 g/mol. The lowest BCUT2D eigenvalue weighted by atomic mass is 9.89. The van der Waals surface area contributed by atoms with Gasteiger partial charge in [0.15, 0.2) is 0 Å². The van der Waals surface area contributed by atoms with Crippen LogP contribution in [0.3, 0.4) is 0 Å². The van der Waals surface area contributed by atoms with Crippen LogP contribution in [0.25, 0.3) is 0 Å². The van der Waals surface area contributed by atoms with Crippen molar-refractivity contribution < 1.29 is 9.84 Å². The molecule has 1 fully saturated rings. The van der Waals surface area contributed by atoms with Crippen molar-refractivity contribution in [2.24, 2.45) is 0 Å². The highest BCUT2D eigenvalue weighted by Gasteiger charge is 2.32. The molecule has 0 saturated heterocycles. The Morgan fingerprint density at radius 2 is 2.10 bits per heavy atom. The summed E-state index contributed by atoms with van der Waals surface area (Å²) < 4.78 is 6.16. The van der Waals surface area contributed by atoms with Gasteiger partial charge < -0.3 is 15.2 Å². The van der Waals surface area contributed by atoms with E-state index in [1.165, 1.54) is 36.8 Å². The first kappa shape index (κ1) is 15.0. The monoisotopic (exact) mass is 289 g/mol. The Labute approximate surface area is 127 Å². The minimum Gasteiger partial charge on any atom is -0.394 e. The third kappa shape index (κ3) is 3.85. The molecular weight excluding hydrogens is 262 g/mol. The fraction of sp³-hybridized carbons (Fsp3) is 0.667. The van der Waals surface area contributed by atoms with Crippen LogP contribution in [0.5, 0.6) is 0 Å². The molecule has 1 saturated carbocycles. The van der Waals surface area contributed by atoms with Crippen molar-refractivity contribution in [2.45, 2.75) is 63.1 Å². The van der Waals surface area contributed by atoms with Gasteiger partial charge in [0.1, 0.15) is 0 Å². The Balaban J connectivity index is 1.53. The first-order chi connectivity index (χ1) is 10.2. The van der Waals surface area contributed by atoms with Crippen LogP contribution in [-0.2, 0) is 11.2 Å². The summed E-state index contributed by atoms with van der Waals surface area (Å²) in [5, 5.41) is 13.2. The highest BCUT2D eigenvalue weighted by Crippen LogP contribution is 2.33. The van der Waals surface area contributed by atoms with Crippen LogP contribution in [0.1, 0.15) is 56.3 Å². The number of nitrogens with one attached hydrogen (secondary N) is 1. The minimum atomic E-state index is -0.199. The lowest BCUT2D eigenvalue weighted by Gasteiger charge is -2.31. The Bertz CT molecular complexity index is 472. The predicted octanol–water partition coefficient (Wildman–Crippen LogP) is 2.97. The summed E-state index contributed by atoms with van der Waals surface area (Å²) >= 11 is 0. The molecule has 116 valence electrons. The van der Waals surface area contributed by atoms with Gasteiger partial charge in [-0.1, -0.05) is 24.3 Å². The molecule has 2 atom stereocenters. The summed E-state index contributed by atoms with van der Waals surface area (Å²) in [5.41, 5.74) is 2.61.